The topological polar surface area (TPSA) is 129 Å². The van der Waals surface area contributed by atoms with E-state index in [0.29, 0.717) is 11.4 Å². The van der Waals surface area contributed by atoms with E-state index in [2.05, 4.69) is 15.6 Å². The number of benzene rings is 1. The van der Waals surface area contributed by atoms with Gasteiger partial charge < -0.3 is 11.1 Å². The van der Waals surface area contributed by atoms with E-state index >= 15 is 0 Å². The first-order chi connectivity index (χ1) is 12.0. The van der Waals surface area contributed by atoms with Crippen LogP contribution in [0.15, 0.2) is 24.3 Å². The maximum atomic E-state index is 12.5. The van der Waals surface area contributed by atoms with Crippen molar-refractivity contribution in [3.63, 3.8) is 0 Å². The van der Waals surface area contributed by atoms with E-state index in [9.17, 15) is 14.9 Å². The van der Waals surface area contributed by atoms with Crippen molar-refractivity contribution < 1.29 is 9.72 Å². The second-order valence-corrected chi connectivity index (χ2v) is 6.30. The van der Waals surface area contributed by atoms with E-state index in [1.807, 2.05) is 0 Å². The van der Waals surface area contributed by atoms with Crippen molar-refractivity contribution in [3.05, 3.63) is 45.8 Å². The molecule has 0 bridgehead atoms. The van der Waals surface area contributed by atoms with Gasteiger partial charge in [0.25, 0.3) is 11.6 Å². The molecule has 3 rings (SSSR count). The van der Waals surface area contributed by atoms with E-state index in [1.165, 1.54) is 16.8 Å². The van der Waals surface area contributed by atoms with E-state index in [4.69, 9.17) is 5.73 Å². The monoisotopic (exact) mass is 344 g/mol. The van der Waals surface area contributed by atoms with E-state index in [1.54, 1.807) is 19.1 Å². The van der Waals surface area contributed by atoms with Crippen molar-refractivity contribution in [1.29, 1.82) is 0 Å². The number of rotatable bonds is 4. The van der Waals surface area contributed by atoms with Crippen molar-refractivity contribution in [2.45, 2.75) is 44.7 Å². The zero-order chi connectivity index (χ0) is 18.0. The van der Waals surface area contributed by atoms with E-state index < -0.39 is 4.92 Å². The molecule has 9 nitrogen and oxygen atoms in total. The molecule has 0 atom stereocenters. The lowest BCUT2D eigenvalue weighted by Crippen LogP contribution is -2.40. The third-order valence-electron chi connectivity index (χ3n) is 4.50. The van der Waals surface area contributed by atoms with Gasteiger partial charge in [0.1, 0.15) is 0 Å². The molecule has 132 valence electrons. The highest BCUT2D eigenvalue weighted by atomic mass is 16.6. The number of amides is 1. The van der Waals surface area contributed by atoms with Crippen LogP contribution in [0.1, 0.15) is 41.9 Å². The third kappa shape index (κ3) is 3.66. The summed E-state index contributed by atoms with van der Waals surface area (Å²) in [6.07, 6.45) is 3.49. The van der Waals surface area contributed by atoms with Gasteiger partial charge in [0.05, 0.1) is 16.3 Å². The lowest BCUT2D eigenvalue weighted by Gasteiger charge is -2.26. The van der Waals surface area contributed by atoms with E-state index in [0.717, 1.165) is 25.7 Å². The number of carbonyl (C=O) groups excluding carboxylic acids is 1. The Morgan fingerprint density at radius 2 is 2.08 bits per heavy atom. The van der Waals surface area contributed by atoms with Crippen LogP contribution >= 0.6 is 0 Å². The molecule has 0 aliphatic heterocycles. The smallest absolute Gasteiger partial charge is 0.273 e. The first kappa shape index (κ1) is 17.0. The number of nitro groups is 1. The van der Waals surface area contributed by atoms with Crippen LogP contribution in [0.25, 0.3) is 5.69 Å². The number of hydrogen-bond donors (Lipinski definition) is 2. The normalized spacial score (nSPS) is 20.2. The summed E-state index contributed by atoms with van der Waals surface area (Å²) < 4.78 is 1.43. The van der Waals surface area contributed by atoms with Crippen LogP contribution in [-0.4, -0.2) is 37.9 Å². The van der Waals surface area contributed by atoms with Gasteiger partial charge in [0.15, 0.2) is 5.69 Å². The van der Waals surface area contributed by atoms with Gasteiger partial charge >= 0.3 is 0 Å². The minimum atomic E-state index is -0.475. The highest BCUT2D eigenvalue weighted by Crippen LogP contribution is 2.20. The molecule has 3 N–H and O–H groups in total. The summed E-state index contributed by atoms with van der Waals surface area (Å²) in [5, 5.41) is 21.8. The predicted molar refractivity (Wildman–Crippen MR) is 90.4 cm³/mol. The standard InChI is InChI=1S/C16H20N6O3/c1-10-15(16(23)18-12-7-5-11(17)6-8-12)19-20-21(10)13-3-2-4-14(9-13)22(24)25/h2-4,9,11-12H,5-8,17H2,1H3,(H,18,23). The van der Waals surface area contributed by atoms with Crippen LogP contribution in [0.4, 0.5) is 5.69 Å². The minimum absolute atomic E-state index is 0.0445. The number of carbonyl (C=O) groups is 1. The molecular formula is C16H20N6O3. The molecule has 1 aliphatic carbocycles. The Morgan fingerprint density at radius 1 is 1.36 bits per heavy atom. The van der Waals surface area contributed by atoms with Gasteiger partial charge in [0.2, 0.25) is 0 Å². The van der Waals surface area contributed by atoms with Gasteiger partial charge in [-0.15, -0.1) is 5.10 Å². The van der Waals surface area contributed by atoms with Gasteiger partial charge in [-0.05, 0) is 38.7 Å². The van der Waals surface area contributed by atoms with Crippen LogP contribution in [0.3, 0.4) is 0 Å². The largest absolute Gasteiger partial charge is 0.348 e. The molecule has 2 aromatic rings. The minimum Gasteiger partial charge on any atom is -0.348 e. The van der Waals surface area contributed by atoms with Gasteiger partial charge in [-0.25, -0.2) is 4.68 Å². The number of nitrogens with two attached hydrogens (primary N) is 1. The molecule has 1 fully saturated rings. The number of aromatic nitrogens is 3. The average Bonchev–Trinajstić information content (AvgIpc) is 2.98. The van der Waals surface area contributed by atoms with Gasteiger partial charge in [0, 0.05) is 24.2 Å². The molecule has 0 unspecified atom stereocenters. The van der Waals surface area contributed by atoms with Gasteiger partial charge in [-0.3, -0.25) is 14.9 Å². The number of nitrogens with one attached hydrogen (secondary N) is 1. The third-order valence-corrected chi connectivity index (χ3v) is 4.50. The molecule has 0 spiro atoms. The number of non-ortho nitro benzene ring substituents is 1. The SMILES string of the molecule is Cc1c(C(=O)NC2CCC(N)CC2)nnn1-c1cccc([N+](=O)[O-])c1. The Labute approximate surface area is 144 Å². The molecule has 0 radical (unpaired) electrons. The van der Waals surface area contributed by atoms with Crippen molar-refractivity contribution in [2.75, 3.05) is 0 Å². The fourth-order valence-electron chi connectivity index (χ4n) is 3.04. The highest BCUT2D eigenvalue weighted by Gasteiger charge is 2.24. The fraction of sp³-hybridized carbons (Fsp3) is 0.438. The van der Waals surface area contributed by atoms with Crippen molar-refractivity contribution in [3.8, 4) is 5.69 Å². The molecule has 1 saturated carbocycles. The van der Waals surface area contributed by atoms with Crippen LogP contribution in [0, 0.1) is 17.0 Å². The zero-order valence-electron chi connectivity index (χ0n) is 13.9. The lowest BCUT2D eigenvalue weighted by atomic mass is 9.92. The summed E-state index contributed by atoms with van der Waals surface area (Å²) in [4.78, 5) is 22.9. The van der Waals surface area contributed by atoms with Crippen LogP contribution in [0.5, 0.6) is 0 Å². The maximum Gasteiger partial charge on any atom is 0.273 e. The molecular weight excluding hydrogens is 324 g/mol. The maximum absolute atomic E-state index is 12.5. The molecule has 25 heavy (non-hydrogen) atoms. The lowest BCUT2D eigenvalue weighted by molar-refractivity contribution is -0.384. The Bertz CT molecular complexity index is 795. The van der Waals surface area contributed by atoms with Crippen molar-refractivity contribution in [1.82, 2.24) is 20.3 Å². The quantitative estimate of drug-likeness (QED) is 0.638. The van der Waals surface area contributed by atoms with Gasteiger partial charge in [-0.2, -0.15) is 0 Å². The number of nitrogens with zero attached hydrogens (tertiary/aromatic N) is 4. The number of hydrogen-bond acceptors (Lipinski definition) is 6. The van der Waals surface area contributed by atoms with Crippen molar-refractivity contribution in [2.24, 2.45) is 5.73 Å². The Hall–Kier alpha value is -2.81. The van der Waals surface area contributed by atoms with Crippen molar-refractivity contribution >= 4 is 11.6 Å². The Kier molecular flexibility index (Phi) is 4.75. The Balaban J connectivity index is 1.78. The van der Waals surface area contributed by atoms with Crippen LogP contribution < -0.4 is 11.1 Å². The predicted octanol–water partition coefficient (Wildman–Crippen LogP) is 1.48. The first-order valence-corrected chi connectivity index (χ1v) is 8.19. The second-order valence-electron chi connectivity index (χ2n) is 6.30. The zero-order valence-corrected chi connectivity index (χ0v) is 13.9. The molecule has 0 saturated heterocycles. The molecule has 1 aromatic carbocycles. The fourth-order valence-corrected chi connectivity index (χ4v) is 3.04. The average molecular weight is 344 g/mol. The molecule has 1 heterocycles. The number of nitro benzene ring substituents is 1. The molecule has 1 aromatic heterocycles. The summed E-state index contributed by atoms with van der Waals surface area (Å²) in [6.45, 7) is 1.71. The summed E-state index contributed by atoms with van der Waals surface area (Å²) in [6, 6.07) is 6.35. The first-order valence-electron chi connectivity index (χ1n) is 8.19. The van der Waals surface area contributed by atoms with Gasteiger partial charge in [-0.1, -0.05) is 11.3 Å². The highest BCUT2D eigenvalue weighted by molar-refractivity contribution is 5.93. The van der Waals surface area contributed by atoms with E-state index in [-0.39, 0.29) is 29.4 Å². The summed E-state index contributed by atoms with van der Waals surface area (Å²) in [5.74, 6) is -0.283. The molecule has 9 heteroatoms. The molecule has 1 amide bonds. The molecule has 1 aliphatic rings. The van der Waals surface area contributed by atoms with Crippen LogP contribution in [0.2, 0.25) is 0 Å². The summed E-state index contributed by atoms with van der Waals surface area (Å²) >= 11 is 0. The Morgan fingerprint density at radius 3 is 2.76 bits per heavy atom. The summed E-state index contributed by atoms with van der Waals surface area (Å²) in [5.41, 5.74) is 7.08. The second kappa shape index (κ2) is 6.98. The summed E-state index contributed by atoms with van der Waals surface area (Å²) in [7, 11) is 0. The van der Waals surface area contributed by atoms with Crippen LogP contribution in [-0.2, 0) is 0 Å².